The molecule has 172 valence electrons. The van der Waals surface area contributed by atoms with Crippen LogP contribution in [-0.4, -0.2) is 47.3 Å². The molecule has 33 heavy (non-hydrogen) atoms. The number of aromatic nitrogens is 2. The fraction of sp³-hybridized carbons (Fsp3) is 0.346. The van der Waals surface area contributed by atoms with E-state index >= 15 is 0 Å². The molecule has 7 heteroatoms. The third-order valence-corrected chi connectivity index (χ3v) is 6.15. The molecule has 2 heterocycles. The van der Waals surface area contributed by atoms with Gasteiger partial charge in [0.1, 0.15) is 5.75 Å². The van der Waals surface area contributed by atoms with Gasteiger partial charge in [0.05, 0.1) is 12.8 Å². The lowest BCUT2D eigenvalue weighted by Crippen LogP contribution is -2.39. The van der Waals surface area contributed by atoms with E-state index in [0.29, 0.717) is 18.2 Å². The van der Waals surface area contributed by atoms with Crippen LogP contribution in [0.15, 0.2) is 65.5 Å². The molecule has 0 spiro atoms. The number of amides is 1. The van der Waals surface area contributed by atoms with Gasteiger partial charge in [-0.2, -0.15) is 5.10 Å². The Morgan fingerprint density at radius 2 is 1.79 bits per heavy atom. The van der Waals surface area contributed by atoms with Gasteiger partial charge < -0.3 is 10.1 Å². The summed E-state index contributed by atoms with van der Waals surface area (Å²) in [6.45, 7) is 5.24. The monoisotopic (exact) mass is 446 g/mol. The smallest absolute Gasteiger partial charge is 0.275 e. The molecular formula is C26H30N4O3. The summed E-state index contributed by atoms with van der Waals surface area (Å²) in [5.41, 5.74) is 2.34. The first kappa shape index (κ1) is 22.7. The largest absolute Gasteiger partial charge is 0.497 e. The van der Waals surface area contributed by atoms with Gasteiger partial charge in [0.2, 0.25) is 5.43 Å². The lowest BCUT2D eigenvalue weighted by atomic mass is 9.96. The molecule has 1 saturated heterocycles. The third-order valence-electron chi connectivity index (χ3n) is 6.15. The molecule has 7 nitrogen and oxygen atoms in total. The molecule has 0 aliphatic carbocycles. The number of likely N-dealkylation sites (tertiary alicyclic amines) is 1. The van der Waals surface area contributed by atoms with Crippen LogP contribution in [0.25, 0.3) is 5.69 Å². The molecule has 0 saturated carbocycles. The number of hydrogen-bond donors (Lipinski definition) is 1. The van der Waals surface area contributed by atoms with Crippen molar-refractivity contribution in [1.82, 2.24) is 20.0 Å². The van der Waals surface area contributed by atoms with Crippen molar-refractivity contribution in [3.8, 4) is 11.4 Å². The molecule has 1 fully saturated rings. The Morgan fingerprint density at radius 3 is 2.45 bits per heavy atom. The second-order valence-electron chi connectivity index (χ2n) is 8.52. The Hall–Kier alpha value is -3.45. The maximum Gasteiger partial charge on any atom is 0.275 e. The molecular weight excluding hydrogens is 416 g/mol. The first-order chi connectivity index (χ1) is 16.0. The minimum absolute atomic E-state index is 0.0682. The number of ether oxygens (including phenoxy) is 1. The molecule has 4 rings (SSSR count). The molecule has 0 bridgehead atoms. The molecule has 0 unspecified atom stereocenters. The van der Waals surface area contributed by atoms with Crippen LogP contribution in [0.5, 0.6) is 5.75 Å². The minimum Gasteiger partial charge on any atom is -0.497 e. The van der Waals surface area contributed by atoms with Gasteiger partial charge in [0.15, 0.2) is 5.69 Å². The summed E-state index contributed by atoms with van der Waals surface area (Å²) in [4.78, 5) is 27.6. The van der Waals surface area contributed by atoms with Gasteiger partial charge in [-0.05, 0) is 68.6 Å². The maximum absolute atomic E-state index is 12.8. The number of nitrogens with zero attached hydrogens (tertiary/aromatic N) is 3. The second kappa shape index (κ2) is 10.4. The van der Waals surface area contributed by atoms with Gasteiger partial charge in [0, 0.05) is 24.8 Å². The van der Waals surface area contributed by atoms with Crippen molar-refractivity contribution >= 4 is 5.91 Å². The van der Waals surface area contributed by atoms with Crippen LogP contribution in [0.4, 0.5) is 0 Å². The lowest BCUT2D eigenvalue weighted by Gasteiger charge is -2.32. The molecule has 0 atom stereocenters. The number of rotatable bonds is 7. The fourth-order valence-electron chi connectivity index (χ4n) is 4.19. The van der Waals surface area contributed by atoms with Crippen LogP contribution in [0.3, 0.4) is 0 Å². The van der Waals surface area contributed by atoms with E-state index in [1.807, 2.05) is 49.4 Å². The van der Waals surface area contributed by atoms with Gasteiger partial charge in [-0.3, -0.25) is 14.5 Å². The molecule has 0 radical (unpaired) electrons. The Bertz CT molecular complexity index is 1130. The van der Waals surface area contributed by atoms with E-state index < -0.39 is 5.91 Å². The average molecular weight is 447 g/mol. The topological polar surface area (TPSA) is 76.5 Å². The second-order valence-corrected chi connectivity index (χ2v) is 8.52. The molecule has 1 aliphatic heterocycles. The molecule has 3 aromatic rings. The van der Waals surface area contributed by atoms with E-state index in [1.54, 1.807) is 11.8 Å². The lowest BCUT2D eigenvalue weighted by molar-refractivity contribution is 0.0927. The van der Waals surface area contributed by atoms with Crippen LogP contribution >= 0.6 is 0 Å². The van der Waals surface area contributed by atoms with Crippen LogP contribution in [0, 0.1) is 12.8 Å². The highest BCUT2D eigenvalue weighted by Crippen LogP contribution is 2.20. The summed E-state index contributed by atoms with van der Waals surface area (Å²) in [7, 11) is 1.67. The molecule has 1 aliphatic rings. The number of nitrogens with one attached hydrogen (secondary N) is 1. The molecule has 1 amide bonds. The summed E-state index contributed by atoms with van der Waals surface area (Å²) in [5, 5.41) is 7.29. The van der Waals surface area contributed by atoms with Gasteiger partial charge >= 0.3 is 0 Å². The zero-order chi connectivity index (χ0) is 23.2. The van der Waals surface area contributed by atoms with E-state index in [2.05, 4.69) is 27.4 Å². The van der Waals surface area contributed by atoms with Crippen molar-refractivity contribution in [1.29, 1.82) is 0 Å². The van der Waals surface area contributed by atoms with Gasteiger partial charge in [0.25, 0.3) is 5.91 Å². The van der Waals surface area contributed by atoms with Crippen molar-refractivity contribution < 1.29 is 9.53 Å². The highest BCUT2D eigenvalue weighted by atomic mass is 16.5. The van der Waals surface area contributed by atoms with Crippen LogP contribution in [0.1, 0.15) is 34.6 Å². The van der Waals surface area contributed by atoms with E-state index in [-0.39, 0.29) is 11.1 Å². The minimum atomic E-state index is -0.412. The zero-order valence-corrected chi connectivity index (χ0v) is 19.2. The van der Waals surface area contributed by atoms with E-state index in [4.69, 9.17) is 4.74 Å². The number of piperidine rings is 1. The van der Waals surface area contributed by atoms with Gasteiger partial charge in [-0.1, -0.05) is 30.3 Å². The number of aryl methyl sites for hydroxylation is 1. The summed E-state index contributed by atoms with van der Waals surface area (Å²) >= 11 is 0. The van der Waals surface area contributed by atoms with Crippen LogP contribution in [-0.2, 0) is 6.54 Å². The van der Waals surface area contributed by atoms with E-state index in [9.17, 15) is 9.59 Å². The van der Waals surface area contributed by atoms with Gasteiger partial charge in [-0.25, -0.2) is 4.68 Å². The standard InChI is InChI=1S/C26H30N4O3/c1-19-16-24(31)25(28-30(19)22-6-4-3-5-7-22)26(32)27-17-20-12-14-29(15-13-20)18-21-8-10-23(33-2)11-9-21/h3-11,16,20H,12-15,17-18H2,1-2H3,(H,27,32). The number of hydrogen-bond acceptors (Lipinski definition) is 5. The van der Waals surface area contributed by atoms with Crippen molar-refractivity contribution in [2.24, 2.45) is 5.92 Å². The fourth-order valence-corrected chi connectivity index (χ4v) is 4.19. The Morgan fingerprint density at radius 1 is 1.09 bits per heavy atom. The molecule has 1 aromatic heterocycles. The predicted octanol–water partition coefficient (Wildman–Crippen LogP) is 3.19. The average Bonchev–Trinajstić information content (AvgIpc) is 2.84. The van der Waals surface area contributed by atoms with Gasteiger partial charge in [-0.15, -0.1) is 0 Å². The quantitative estimate of drug-likeness (QED) is 0.603. The Labute approximate surface area is 194 Å². The first-order valence-corrected chi connectivity index (χ1v) is 11.3. The van der Waals surface area contributed by atoms with Crippen molar-refractivity contribution in [3.63, 3.8) is 0 Å². The normalized spacial score (nSPS) is 14.7. The van der Waals surface area contributed by atoms with Crippen LogP contribution in [0.2, 0.25) is 0 Å². The number of carbonyl (C=O) groups is 1. The third kappa shape index (κ3) is 5.68. The first-order valence-electron chi connectivity index (χ1n) is 11.3. The zero-order valence-electron chi connectivity index (χ0n) is 19.2. The predicted molar refractivity (Wildman–Crippen MR) is 128 cm³/mol. The van der Waals surface area contributed by atoms with Crippen LogP contribution < -0.4 is 15.5 Å². The van der Waals surface area contributed by atoms with Crippen molar-refractivity contribution in [2.45, 2.75) is 26.3 Å². The summed E-state index contributed by atoms with van der Waals surface area (Å²) in [6, 6.07) is 19.1. The molecule has 1 N–H and O–H groups in total. The van der Waals surface area contributed by atoms with E-state index in [1.165, 1.54) is 11.6 Å². The number of benzene rings is 2. The summed E-state index contributed by atoms with van der Waals surface area (Å²) in [6.07, 6.45) is 2.01. The Kier molecular flexibility index (Phi) is 7.19. The SMILES string of the molecule is COc1ccc(CN2CCC(CNC(=O)c3nn(-c4ccccc4)c(C)cc3=O)CC2)cc1. The highest BCUT2D eigenvalue weighted by Gasteiger charge is 2.21. The highest BCUT2D eigenvalue weighted by molar-refractivity contribution is 5.92. The number of para-hydroxylation sites is 1. The number of methoxy groups -OCH3 is 1. The summed E-state index contributed by atoms with van der Waals surface area (Å²) in [5.74, 6) is 0.847. The van der Waals surface area contributed by atoms with Crippen molar-refractivity contribution in [3.05, 3.63) is 87.8 Å². The molecule has 2 aromatic carbocycles. The Balaban J connectivity index is 1.31. The summed E-state index contributed by atoms with van der Waals surface area (Å²) < 4.78 is 6.85. The maximum atomic E-state index is 12.8. The number of carbonyl (C=O) groups excluding carboxylic acids is 1. The van der Waals surface area contributed by atoms with E-state index in [0.717, 1.165) is 43.9 Å². The van der Waals surface area contributed by atoms with Crippen molar-refractivity contribution in [2.75, 3.05) is 26.7 Å².